The van der Waals surface area contributed by atoms with Crippen molar-refractivity contribution in [1.29, 1.82) is 0 Å². The quantitative estimate of drug-likeness (QED) is 0.727. The Morgan fingerprint density at radius 1 is 1.26 bits per heavy atom. The summed E-state index contributed by atoms with van der Waals surface area (Å²) in [5.74, 6) is -0.128. The predicted octanol–water partition coefficient (Wildman–Crippen LogP) is -0.00640. The van der Waals surface area contributed by atoms with Crippen LogP contribution in [0.5, 0.6) is 0 Å². The fourth-order valence-corrected chi connectivity index (χ4v) is 2.16. The molecule has 0 spiro atoms. The van der Waals surface area contributed by atoms with Crippen molar-refractivity contribution in [3.05, 3.63) is 34.9 Å². The van der Waals surface area contributed by atoms with Gasteiger partial charge in [0.2, 0.25) is 5.91 Å². The molecule has 0 aromatic heterocycles. The standard InChI is InChI=1S/C13H17ClN2O3/c14-10-3-1-9(2-4-10)5-15-13(19)8-16-6-11(17)12(18)7-16/h1-4,11-12,17-18H,5-8H2,(H,15,19). The summed E-state index contributed by atoms with van der Waals surface area (Å²) < 4.78 is 0. The highest BCUT2D eigenvalue weighted by molar-refractivity contribution is 6.30. The van der Waals surface area contributed by atoms with E-state index in [4.69, 9.17) is 11.6 Å². The predicted molar refractivity (Wildman–Crippen MR) is 71.8 cm³/mol. The maximum absolute atomic E-state index is 11.7. The smallest absolute Gasteiger partial charge is 0.234 e. The number of benzene rings is 1. The molecule has 1 aromatic carbocycles. The summed E-state index contributed by atoms with van der Waals surface area (Å²) in [4.78, 5) is 13.4. The lowest BCUT2D eigenvalue weighted by Crippen LogP contribution is -2.36. The number of rotatable bonds is 4. The first-order valence-corrected chi connectivity index (χ1v) is 6.52. The molecule has 6 heteroatoms. The molecule has 0 radical (unpaired) electrons. The Kier molecular flexibility index (Phi) is 4.76. The zero-order valence-corrected chi connectivity index (χ0v) is 11.2. The lowest BCUT2D eigenvalue weighted by atomic mass is 10.2. The summed E-state index contributed by atoms with van der Waals surface area (Å²) in [6, 6.07) is 7.25. The molecule has 2 unspecified atom stereocenters. The van der Waals surface area contributed by atoms with Crippen molar-refractivity contribution in [2.24, 2.45) is 0 Å². The number of carbonyl (C=O) groups excluding carboxylic acids is 1. The number of hydrogen-bond donors (Lipinski definition) is 3. The van der Waals surface area contributed by atoms with Gasteiger partial charge in [0.15, 0.2) is 0 Å². The van der Waals surface area contributed by atoms with E-state index in [1.165, 1.54) is 0 Å². The van der Waals surface area contributed by atoms with Crippen molar-refractivity contribution in [2.75, 3.05) is 19.6 Å². The van der Waals surface area contributed by atoms with Crippen LogP contribution in [0, 0.1) is 0 Å². The fraction of sp³-hybridized carbons (Fsp3) is 0.462. The number of aliphatic hydroxyl groups is 2. The fourth-order valence-electron chi connectivity index (χ4n) is 2.04. The van der Waals surface area contributed by atoms with E-state index in [2.05, 4.69) is 5.32 Å². The van der Waals surface area contributed by atoms with Gasteiger partial charge in [-0.25, -0.2) is 0 Å². The third kappa shape index (κ3) is 4.18. The first-order chi connectivity index (χ1) is 9.04. The van der Waals surface area contributed by atoms with E-state index in [1.807, 2.05) is 12.1 Å². The second kappa shape index (κ2) is 6.34. The van der Waals surface area contributed by atoms with Gasteiger partial charge in [0.05, 0.1) is 18.8 Å². The Balaban J connectivity index is 1.74. The first kappa shape index (κ1) is 14.3. The molecule has 1 aliphatic rings. The van der Waals surface area contributed by atoms with E-state index in [9.17, 15) is 15.0 Å². The van der Waals surface area contributed by atoms with Gasteiger partial charge in [-0.1, -0.05) is 23.7 Å². The van der Waals surface area contributed by atoms with E-state index in [0.29, 0.717) is 24.7 Å². The Hall–Kier alpha value is -1.14. The van der Waals surface area contributed by atoms with E-state index in [1.54, 1.807) is 17.0 Å². The van der Waals surface area contributed by atoms with Crippen molar-refractivity contribution in [2.45, 2.75) is 18.8 Å². The normalized spacial score (nSPS) is 23.5. The van der Waals surface area contributed by atoms with Gasteiger partial charge in [-0.2, -0.15) is 0 Å². The number of hydrogen-bond acceptors (Lipinski definition) is 4. The number of aliphatic hydroxyl groups excluding tert-OH is 2. The summed E-state index contributed by atoms with van der Waals surface area (Å²) in [5.41, 5.74) is 0.972. The molecule has 0 aliphatic carbocycles. The molecule has 1 aliphatic heterocycles. The maximum Gasteiger partial charge on any atom is 0.234 e. The molecule has 5 nitrogen and oxygen atoms in total. The van der Waals surface area contributed by atoms with Gasteiger partial charge in [-0.15, -0.1) is 0 Å². The Morgan fingerprint density at radius 2 is 1.84 bits per heavy atom. The topological polar surface area (TPSA) is 72.8 Å². The van der Waals surface area contributed by atoms with Crippen LogP contribution in [-0.4, -0.2) is 52.9 Å². The molecule has 1 heterocycles. The van der Waals surface area contributed by atoms with Crippen LogP contribution in [0.3, 0.4) is 0 Å². The van der Waals surface area contributed by atoms with Gasteiger partial charge >= 0.3 is 0 Å². The summed E-state index contributed by atoms with van der Waals surface area (Å²) >= 11 is 5.77. The highest BCUT2D eigenvalue weighted by atomic mass is 35.5. The van der Waals surface area contributed by atoms with Crippen LogP contribution in [0.15, 0.2) is 24.3 Å². The molecule has 0 saturated carbocycles. The minimum Gasteiger partial charge on any atom is -0.389 e. The van der Waals surface area contributed by atoms with Gasteiger partial charge in [-0.3, -0.25) is 9.69 Å². The minimum absolute atomic E-state index is 0.128. The average Bonchev–Trinajstić information content (AvgIpc) is 2.67. The number of nitrogens with one attached hydrogen (secondary N) is 1. The Morgan fingerprint density at radius 3 is 2.42 bits per heavy atom. The van der Waals surface area contributed by atoms with Crippen molar-refractivity contribution in [3.8, 4) is 0 Å². The number of likely N-dealkylation sites (tertiary alicyclic amines) is 1. The van der Waals surface area contributed by atoms with Gasteiger partial charge in [0, 0.05) is 24.7 Å². The third-order valence-corrected chi connectivity index (χ3v) is 3.36. The van der Waals surface area contributed by atoms with Crippen LogP contribution >= 0.6 is 11.6 Å². The Labute approximate surface area is 116 Å². The first-order valence-electron chi connectivity index (χ1n) is 6.14. The molecule has 1 amide bonds. The molecule has 3 N–H and O–H groups in total. The average molecular weight is 285 g/mol. The molecule has 1 saturated heterocycles. The molecule has 1 aromatic rings. The number of amides is 1. The highest BCUT2D eigenvalue weighted by Gasteiger charge is 2.30. The van der Waals surface area contributed by atoms with Gasteiger partial charge in [-0.05, 0) is 17.7 Å². The number of β-amino-alcohol motifs (C(OH)–C–C–N with tert-alkyl or cyclic N) is 2. The Bertz CT molecular complexity index is 428. The zero-order chi connectivity index (χ0) is 13.8. The second-order valence-electron chi connectivity index (χ2n) is 4.73. The van der Waals surface area contributed by atoms with Crippen molar-refractivity contribution in [1.82, 2.24) is 10.2 Å². The number of halogens is 1. The molecule has 1 fully saturated rings. The molecular formula is C13H17ClN2O3. The SMILES string of the molecule is O=C(CN1CC(O)C(O)C1)NCc1ccc(Cl)cc1. The minimum atomic E-state index is -0.760. The highest BCUT2D eigenvalue weighted by Crippen LogP contribution is 2.10. The second-order valence-corrected chi connectivity index (χ2v) is 5.17. The lowest BCUT2D eigenvalue weighted by molar-refractivity contribution is -0.122. The van der Waals surface area contributed by atoms with Crippen LogP contribution in [0.2, 0.25) is 5.02 Å². The van der Waals surface area contributed by atoms with E-state index < -0.39 is 12.2 Å². The van der Waals surface area contributed by atoms with E-state index >= 15 is 0 Å². The van der Waals surface area contributed by atoms with Crippen LogP contribution in [0.4, 0.5) is 0 Å². The zero-order valence-electron chi connectivity index (χ0n) is 10.4. The molecule has 19 heavy (non-hydrogen) atoms. The number of carbonyl (C=O) groups is 1. The number of nitrogens with zero attached hydrogens (tertiary/aromatic N) is 1. The maximum atomic E-state index is 11.7. The van der Waals surface area contributed by atoms with Crippen molar-refractivity contribution in [3.63, 3.8) is 0 Å². The van der Waals surface area contributed by atoms with Crippen molar-refractivity contribution >= 4 is 17.5 Å². The van der Waals surface area contributed by atoms with Crippen LogP contribution in [-0.2, 0) is 11.3 Å². The van der Waals surface area contributed by atoms with Gasteiger partial charge in [0.25, 0.3) is 0 Å². The third-order valence-electron chi connectivity index (χ3n) is 3.10. The van der Waals surface area contributed by atoms with E-state index in [-0.39, 0.29) is 12.5 Å². The molecular weight excluding hydrogens is 268 g/mol. The van der Waals surface area contributed by atoms with Crippen LogP contribution < -0.4 is 5.32 Å². The molecule has 104 valence electrons. The summed E-state index contributed by atoms with van der Waals surface area (Å²) in [7, 11) is 0. The monoisotopic (exact) mass is 284 g/mol. The van der Waals surface area contributed by atoms with E-state index in [0.717, 1.165) is 5.56 Å². The summed E-state index contributed by atoms with van der Waals surface area (Å²) in [6.07, 6.45) is -1.52. The summed E-state index contributed by atoms with van der Waals surface area (Å²) in [5, 5.41) is 22.2. The van der Waals surface area contributed by atoms with Crippen LogP contribution in [0.1, 0.15) is 5.56 Å². The van der Waals surface area contributed by atoms with Gasteiger partial charge in [0.1, 0.15) is 0 Å². The largest absolute Gasteiger partial charge is 0.389 e. The molecule has 2 rings (SSSR count). The van der Waals surface area contributed by atoms with Crippen molar-refractivity contribution < 1.29 is 15.0 Å². The lowest BCUT2D eigenvalue weighted by Gasteiger charge is -2.14. The molecule has 0 bridgehead atoms. The van der Waals surface area contributed by atoms with Crippen LogP contribution in [0.25, 0.3) is 0 Å². The molecule has 2 atom stereocenters. The van der Waals surface area contributed by atoms with Gasteiger partial charge < -0.3 is 15.5 Å². The summed E-state index contributed by atoms with van der Waals surface area (Å²) in [6.45, 7) is 1.28.